The molecule has 0 fully saturated rings. The number of hydrogen-bond donors (Lipinski definition) is 0. The summed E-state index contributed by atoms with van der Waals surface area (Å²) in [6, 6.07) is 15.6. The normalized spacial score (nSPS) is 11.0. The smallest absolute Gasteiger partial charge is 0.365 e. The maximum Gasteiger partial charge on any atom is 0.365 e. The lowest BCUT2D eigenvalue weighted by molar-refractivity contribution is -0.384. The monoisotopic (exact) mass is 377 g/mol. The van der Waals surface area contributed by atoms with Gasteiger partial charge >= 0.3 is 5.97 Å². The van der Waals surface area contributed by atoms with Crippen LogP contribution in [0.15, 0.2) is 78.2 Å². The van der Waals surface area contributed by atoms with E-state index in [0.29, 0.717) is 28.2 Å². The van der Waals surface area contributed by atoms with Crippen molar-refractivity contribution in [3.05, 3.63) is 99.9 Å². The molecule has 0 amide bonds. The van der Waals surface area contributed by atoms with Crippen LogP contribution < -0.4 is 4.74 Å². The fraction of sp³-hybridized carbons (Fsp3) is 0.0500. The van der Waals surface area contributed by atoms with Crippen LogP contribution in [0.25, 0.3) is 0 Å². The number of carbonyl (C=O) groups excluding carboxylic acids is 1. The molecule has 3 aromatic rings. The van der Waals surface area contributed by atoms with Crippen LogP contribution in [0.3, 0.4) is 0 Å². The highest BCUT2D eigenvalue weighted by Gasteiger charge is 2.13. The van der Waals surface area contributed by atoms with Crippen LogP contribution in [0.1, 0.15) is 21.5 Å². The fourth-order valence-corrected chi connectivity index (χ4v) is 2.39. The highest BCUT2D eigenvalue weighted by molar-refractivity contribution is 6.12. The summed E-state index contributed by atoms with van der Waals surface area (Å²) >= 11 is 0. The number of methoxy groups -OCH3 is 1. The van der Waals surface area contributed by atoms with E-state index in [1.807, 2.05) is 0 Å². The molecule has 0 bridgehead atoms. The van der Waals surface area contributed by atoms with Gasteiger partial charge in [0.2, 0.25) is 0 Å². The lowest BCUT2D eigenvalue weighted by Gasteiger charge is -2.07. The van der Waals surface area contributed by atoms with Crippen molar-refractivity contribution in [1.29, 1.82) is 0 Å². The standard InChI is InChI=1S/C20H15N3O5/c1-27-18-8-4-16(5-9-18)20(24)28-22-19(15-10-12-21-13-11-15)14-2-6-17(7-3-14)23(25)26/h2-13H,1H3/b22-19+. The molecule has 0 aliphatic carbocycles. The van der Waals surface area contributed by atoms with Crippen LogP contribution in [0.2, 0.25) is 0 Å². The number of carbonyl (C=O) groups is 1. The summed E-state index contributed by atoms with van der Waals surface area (Å²) in [4.78, 5) is 31.7. The largest absolute Gasteiger partial charge is 0.497 e. The molecule has 0 aliphatic heterocycles. The van der Waals surface area contributed by atoms with E-state index in [1.165, 1.54) is 19.2 Å². The minimum atomic E-state index is -0.642. The summed E-state index contributed by atoms with van der Waals surface area (Å²) in [5.74, 6) is -0.0282. The van der Waals surface area contributed by atoms with Crippen molar-refractivity contribution in [2.24, 2.45) is 5.16 Å². The molecule has 2 aromatic carbocycles. The van der Waals surface area contributed by atoms with Crippen molar-refractivity contribution in [2.75, 3.05) is 7.11 Å². The van der Waals surface area contributed by atoms with Gasteiger partial charge in [0.1, 0.15) is 11.5 Å². The fourth-order valence-electron chi connectivity index (χ4n) is 2.39. The van der Waals surface area contributed by atoms with E-state index >= 15 is 0 Å². The van der Waals surface area contributed by atoms with Crippen molar-refractivity contribution in [1.82, 2.24) is 4.98 Å². The summed E-state index contributed by atoms with van der Waals surface area (Å²) in [6.45, 7) is 0. The topological polar surface area (TPSA) is 104 Å². The number of rotatable bonds is 6. The van der Waals surface area contributed by atoms with Gasteiger partial charge in [-0.2, -0.15) is 0 Å². The van der Waals surface area contributed by atoms with Gasteiger partial charge in [0.15, 0.2) is 0 Å². The van der Waals surface area contributed by atoms with E-state index in [-0.39, 0.29) is 5.69 Å². The van der Waals surface area contributed by atoms with Crippen molar-refractivity contribution >= 4 is 17.4 Å². The van der Waals surface area contributed by atoms with Gasteiger partial charge in [-0.25, -0.2) is 4.79 Å². The zero-order valence-corrected chi connectivity index (χ0v) is 14.8. The number of aromatic nitrogens is 1. The van der Waals surface area contributed by atoms with Crippen molar-refractivity contribution < 1.29 is 19.3 Å². The first-order chi connectivity index (χ1) is 13.6. The van der Waals surface area contributed by atoms with E-state index in [4.69, 9.17) is 9.57 Å². The van der Waals surface area contributed by atoms with E-state index < -0.39 is 10.9 Å². The van der Waals surface area contributed by atoms with E-state index in [1.54, 1.807) is 60.9 Å². The minimum Gasteiger partial charge on any atom is -0.497 e. The molecular weight excluding hydrogens is 362 g/mol. The Morgan fingerprint density at radius 2 is 1.50 bits per heavy atom. The molecule has 0 unspecified atom stereocenters. The molecule has 8 heteroatoms. The molecule has 3 rings (SSSR count). The molecule has 0 atom stereocenters. The Bertz CT molecular complexity index is 1000. The van der Waals surface area contributed by atoms with Crippen LogP contribution in [0.5, 0.6) is 5.75 Å². The molecule has 0 radical (unpaired) electrons. The second-order valence-corrected chi connectivity index (χ2v) is 5.59. The Morgan fingerprint density at radius 1 is 0.929 bits per heavy atom. The van der Waals surface area contributed by atoms with Crippen LogP contribution >= 0.6 is 0 Å². The minimum absolute atomic E-state index is 0.0481. The van der Waals surface area contributed by atoms with Crippen LogP contribution in [0, 0.1) is 10.1 Å². The third-order valence-electron chi connectivity index (χ3n) is 3.85. The van der Waals surface area contributed by atoms with E-state index in [0.717, 1.165) is 0 Å². The Balaban J connectivity index is 1.90. The molecule has 0 N–H and O–H groups in total. The molecule has 0 spiro atoms. The second kappa shape index (κ2) is 8.54. The average molecular weight is 377 g/mol. The predicted octanol–water partition coefficient (Wildman–Crippen LogP) is 3.61. The summed E-state index contributed by atoms with van der Waals surface area (Å²) in [6.07, 6.45) is 3.14. The van der Waals surface area contributed by atoms with Gasteiger partial charge in [0.05, 0.1) is 17.6 Å². The quantitative estimate of drug-likeness (QED) is 0.281. The summed E-state index contributed by atoms with van der Waals surface area (Å²) in [5, 5.41) is 14.9. The molecule has 28 heavy (non-hydrogen) atoms. The Hall–Kier alpha value is -4.07. The number of nitro groups is 1. The van der Waals surface area contributed by atoms with Crippen molar-refractivity contribution in [3.63, 3.8) is 0 Å². The van der Waals surface area contributed by atoms with Crippen LogP contribution in [-0.2, 0) is 4.84 Å². The first kappa shape index (κ1) is 18.7. The molecule has 0 saturated heterocycles. The number of hydrogen-bond acceptors (Lipinski definition) is 7. The maximum absolute atomic E-state index is 12.3. The molecule has 1 heterocycles. The van der Waals surface area contributed by atoms with E-state index in [9.17, 15) is 14.9 Å². The zero-order valence-electron chi connectivity index (χ0n) is 14.8. The highest BCUT2D eigenvalue weighted by atomic mass is 16.7. The second-order valence-electron chi connectivity index (χ2n) is 5.59. The SMILES string of the molecule is COc1ccc(C(=O)O/N=C(/c2ccncc2)c2ccc([N+](=O)[O-])cc2)cc1. The molecule has 0 saturated carbocycles. The molecule has 140 valence electrons. The third kappa shape index (κ3) is 4.36. The number of non-ortho nitro benzene ring substituents is 1. The molecule has 1 aromatic heterocycles. The molecule has 8 nitrogen and oxygen atoms in total. The summed E-state index contributed by atoms with van der Waals surface area (Å²) in [7, 11) is 1.53. The zero-order chi connectivity index (χ0) is 19.9. The molecular formula is C20H15N3O5. The predicted molar refractivity (Wildman–Crippen MR) is 101 cm³/mol. The first-order valence-electron chi connectivity index (χ1n) is 8.17. The lowest BCUT2D eigenvalue weighted by atomic mass is 10.0. The van der Waals surface area contributed by atoms with Gasteiger partial charge in [-0.1, -0.05) is 5.16 Å². The number of ether oxygens (including phenoxy) is 1. The summed E-state index contributed by atoms with van der Waals surface area (Å²) < 4.78 is 5.06. The first-order valence-corrected chi connectivity index (χ1v) is 8.17. The maximum atomic E-state index is 12.3. The van der Waals surface area contributed by atoms with Gasteiger partial charge in [-0.15, -0.1) is 0 Å². The highest BCUT2D eigenvalue weighted by Crippen LogP contribution is 2.17. The van der Waals surface area contributed by atoms with Crippen LogP contribution in [-0.4, -0.2) is 28.7 Å². The lowest BCUT2D eigenvalue weighted by Crippen LogP contribution is -2.08. The number of oxime groups is 1. The molecule has 0 aliphatic rings. The number of benzene rings is 2. The number of nitrogens with zero attached hydrogens (tertiary/aromatic N) is 3. The third-order valence-corrected chi connectivity index (χ3v) is 3.85. The van der Waals surface area contributed by atoms with Gasteiger partial charge in [-0.3, -0.25) is 15.1 Å². The number of pyridine rings is 1. The van der Waals surface area contributed by atoms with Gasteiger partial charge in [0, 0.05) is 35.7 Å². The van der Waals surface area contributed by atoms with Gasteiger partial charge in [-0.05, 0) is 48.5 Å². The Labute approximate surface area is 160 Å². The summed E-state index contributed by atoms with van der Waals surface area (Å²) in [5.41, 5.74) is 1.81. The van der Waals surface area contributed by atoms with Gasteiger partial charge in [0.25, 0.3) is 5.69 Å². The Kier molecular flexibility index (Phi) is 5.71. The van der Waals surface area contributed by atoms with E-state index in [2.05, 4.69) is 10.1 Å². The average Bonchev–Trinajstić information content (AvgIpc) is 2.75. The van der Waals surface area contributed by atoms with Crippen molar-refractivity contribution in [3.8, 4) is 5.75 Å². The Morgan fingerprint density at radius 3 is 2.07 bits per heavy atom. The van der Waals surface area contributed by atoms with Gasteiger partial charge < -0.3 is 9.57 Å². The van der Waals surface area contributed by atoms with Crippen LogP contribution in [0.4, 0.5) is 5.69 Å². The van der Waals surface area contributed by atoms with Crippen molar-refractivity contribution in [2.45, 2.75) is 0 Å². The number of nitro benzene ring substituents is 1.